The minimum atomic E-state index is -0.420. The molecule has 0 aliphatic carbocycles. The highest BCUT2D eigenvalue weighted by Gasteiger charge is 2.05. The number of amides is 2. The molecule has 5 nitrogen and oxygen atoms in total. The minimum Gasteiger partial charge on any atom is -0.463 e. The number of nitrogens with one attached hydrogen (secondary N) is 2. The average molecular weight is 310 g/mol. The lowest BCUT2D eigenvalue weighted by Gasteiger charge is -2.10. The summed E-state index contributed by atoms with van der Waals surface area (Å²) in [6, 6.07) is 16.0. The monoisotopic (exact) mass is 310 g/mol. The Bertz CT molecular complexity index is 696. The third-order valence-electron chi connectivity index (χ3n) is 2.93. The normalized spacial score (nSPS) is 10.3. The minimum absolute atomic E-state index is 0.322. The van der Waals surface area contributed by atoms with Gasteiger partial charge in [-0.2, -0.15) is 0 Å². The predicted octanol–water partition coefficient (Wildman–Crippen LogP) is 3.91. The number of rotatable bonds is 5. The molecule has 2 aromatic carbocycles. The molecular formula is C18H18N2O3. The molecule has 23 heavy (non-hydrogen) atoms. The number of hydrogen-bond acceptors (Lipinski definition) is 3. The number of hydrogen-bond donors (Lipinski definition) is 2. The van der Waals surface area contributed by atoms with E-state index in [0.717, 1.165) is 0 Å². The van der Waals surface area contributed by atoms with Crippen molar-refractivity contribution < 1.29 is 14.3 Å². The van der Waals surface area contributed by atoms with Crippen LogP contribution in [0.4, 0.5) is 16.2 Å². The van der Waals surface area contributed by atoms with E-state index in [2.05, 4.69) is 10.6 Å². The first kappa shape index (κ1) is 16.3. The van der Waals surface area contributed by atoms with Crippen molar-refractivity contribution >= 4 is 29.5 Å². The zero-order chi connectivity index (χ0) is 16.5. The largest absolute Gasteiger partial charge is 0.463 e. The van der Waals surface area contributed by atoms with E-state index in [-0.39, 0.29) is 6.03 Å². The summed E-state index contributed by atoms with van der Waals surface area (Å²) >= 11 is 0. The summed E-state index contributed by atoms with van der Waals surface area (Å²) in [5, 5.41) is 5.50. The summed E-state index contributed by atoms with van der Waals surface area (Å²) in [6.07, 6.45) is 2.94. The van der Waals surface area contributed by atoms with E-state index in [1.54, 1.807) is 43.3 Å². The van der Waals surface area contributed by atoms with Gasteiger partial charge in [0.05, 0.1) is 6.61 Å². The van der Waals surface area contributed by atoms with E-state index in [0.29, 0.717) is 23.5 Å². The third-order valence-corrected chi connectivity index (χ3v) is 2.93. The lowest BCUT2D eigenvalue weighted by atomic mass is 10.1. The topological polar surface area (TPSA) is 67.4 Å². The second kappa shape index (κ2) is 8.38. The Morgan fingerprint density at radius 2 is 1.70 bits per heavy atom. The highest BCUT2D eigenvalue weighted by molar-refractivity contribution is 6.01. The molecule has 2 N–H and O–H groups in total. The molecule has 0 heterocycles. The Kier molecular flexibility index (Phi) is 5.94. The van der Waals surface area contributed by atoms with Crippen LogP contribution in [0.15, 0.2) is 60.7 Å². The summed E-state index contributed by atoms with van der Waals surface area (Å²) in [4.78, 5) is 23.4. The Hall–Kier alpha value is -3.08. The molecule has 2 aromatic rings. The van der Waals surface area contributed by atoms with Crippen molar-refractivity contribution in [3.63, 3.8) is 0 Å². The molecule has 5 heteroatoms. The van der Waals surface area contributed by atoms with Crippen LogP contribution in [-0.2, 0) is 9.53 Å². The summed E-state index contributed by atoms with van der Waals surface area (Å²) in [7, 11) is 0. The van der Waals surface area contributed by atoms with Crippen LogP contribution in [0.25, 0.3) is 6.08 Å². The zero-order valence-corrected chi connectivity index (χ0v) is 12.8. The van der Waals surface area contributed by atoms with Crippen molar-refractivity contribution in [1.29, 1.82) is 0 Å². The van der Waals surface area contributed by atoms with Crippen LogP contribution < -0.4 is 10.6 Å². The second-order valence-electron chi connectivity index (χ2n) is 4.62. The van der Waals surface area contributed by atoms with E-state index in [9.17, 15) is 9.59 Å². The van der Waals surface area contributed by atoms with Crippen LogP contribution in [-0.4, -0.2) is 18.6 Å². The van der Waals surface area contributed by atoms with Crippen molar-refractivity contribution in [3.05, 3.63) is 66.2 Å². The lowest BCUT2D eigenvalue weighted by Crippen LogP contribution is -2.19. The molecule has 0 aliphatic heterocycles. The Labute approximate surface area is 135 Å². The fourth-order valence-corrected chi connectivity index (χ4v) is 1.91. The van der Waals surface area contributed by atoms with Crippen LogP contribution in [0.2, 0.25) is 0 Å². The van der Waals surface area contributed by atoms with Gasteiger partial charge in [0.25, 0.3) is 0 Å². The fourth-order valence-electron chi connectivity index (χ4n) is 1.91. The van der Waals surface area contributed by atoms with Crippen LogP contribution >= 0.6 is 0 Å². The number of carbonyl (C=O) groups excluding carboxylic acids is 2. The van der Waals surface area contributed by atoms with Crippen molar-refractivity contribution in [1.82, 2.24) is 0 Å². The van der Waals surface area contributed by atoms with Crippen molar-refractivity contribution in [2.24, 2.45) is 0 Å². The molecule has 2 amide bonds. The van der Waals surface area contributed by atoms with Crippen molar-refractivity contribution in [2.75, 3.05) is 17.2 Å². The van der Waals surface area contributed by atoms with E-state index in [4.69, 9.17) is 4.74 Å². The van der Waals surface area contributed by atoms with Gasteiger partial charge in [0.1, 0.15) is 0 Å². The number of urea groups is 1. The summed E-state index contributed by atoms with van der Waals surface area (Å²) in [6.45, 7) is 2.07. The standard InChI is InChI=1S/C18H18N2O3/c1-2-23-17(21)13-12-14-8-6-7-11-16(14)20-18(22)19-15-9-4-3-5-10-15/h3-13H,2H2,1H3,(H2,19,20,22)/b13-12+. The summed E-state index contributed by atoms with van der Waals surface area (Å²) < 4.78 is 4.84. The molecule has 0 fully saturated rings. The third kappa shape index (κ3) is 5.32. The Morgan fingerprint density at radius 1 is 1.00 bits per heavy atom. The van der Waals surface area contributed by atoms with Gasteiger partial charge in [-0.15, -0.1) is 0 Å². The average Bonchev–Trinajstić information content (AvgIpc) is 2.55. The van der Waals surface area contributed by atoms with E-state index in [1.165, 1.54) is 6.08 Å². The molecule has 0 radical (unpaired) electrons. The number of esters is 1. The number of ether oxygens (including phenoxy) is 1. The Morgan fingerprint density at radius 3 is 2.43 bits per heavy atom. The van der Waals surface area contributed by atoms with Crippen molar-refractivity contribution in [3.8, 4) is 0 Å². The quantitative estimate of drug-likeness (QED) is 0.650. The van der Waals surface area contributed by atoms with E-state index >= 15 is 0 Å². The maximum absolute atomic E-state index is 12.0. The van der Waals surface area contributed by atoms with Crippen LogP contribution in [0.1, 0.15) is 12.5 Å². The molecule has 0 spiro atoms. The van der Waals surface area contributed by atoms with Crippen LogP contribution in [0.3, 0.4) is 0 Å². The zero-order valence-electron chi connectivity index (χ0n) is 12.8. The first-order valence-corrected chi connectivity index (χ1v) is 7.26. The second-order valence-corrected chi connectivity index (χ2v) is 4.62. The highest BCUT2D eigenvalue weighted by Crippen LogP contribution is 2.17. The predicted molar refractivity (Wildman–Crippen MR) is 91.2 cm³/mol. The highest BCUT2D eigenvalue weighted by atomic mass is 16.5. The molecule has 0 unspecified atom stereocenters. The first-order valence-electron chi connectivity index (χ1n) is 7.26. The first-order chi connectivity index (χ1) is 11.2. The molecule has 0 aromatic heterocycles. The SMILES string of the molecule is CCOC(=O)/C=C/c1ccccc1NC(=O)Nc1ccccc1. The fraction of sp³-hybridized carbons (Fsp3) is 0.111. The molecule has 118 valence electrons. The van der Waals surface area contributed by atoms with Gasteiger partial charge >= 0.3 is 12.0 Å². The number of anilines is 2. The van der Waals surface area contributed by atoms with Gasteiger partial charge in [0, 0.05) is 17.5 Å². The van der Waals surface area contributed by atoms with Crippen molar-refractivity contribution in [2.45, 2.75) is 6.92 Å². The van der Waals surface area contributed by atoms with Gasteiger partial charge in [0.15, 0.2) is 0 Å². The lowest BCUT2D eigenvalue weighted by molar-refractivity contribution is -0.137. The molecular weight excluding hydrogens is 292 g/mol. The molecule has 0 atom stereocenters. The van der Waals surface area contributed by atoms with Gasteiger partial charge < -0.3 is 15.4 Å². The van der Waals surface area contributed by atoms with E-state index in [1.807, 2.05) is 24.3 Å². The molecule has 2 rings (SSSR count). The summed E-state index contributed by atoms with van der Waals surface area (Å²) in [5.74, 6) is -0.420. The molecule has 0 bridgehead atoms. The maximum Gasteiger partial charge on any atom is 0.330 e. The van der Waals surface area contributed by atoms with Gasteiger partial charge in [-0.1, -0.05) is 36.4 Å². The van der Waals surface area contributed by atoms with E-state index < -0.39 is 5.97 Å². The summed E-state index contributed by atoms with van der Waals surface area (Å²) in [5.41, 5.74) is 2.01. The molecule has 0 aliphatic rings. The molecule has 0 saturated heterocycles. The number of para-hydroxylation sites is 2. The molecule has 0 saturated carbocycles. The Balaban J connectivity index is 2.05. The van der Waals surface area contributed by atoms with Gasteiger partial charge in [-0.25, -0.2) is 9.59 Å². The van der Waals surface area contributed by atoms with Gasteiger partial charge in [-0.05, 0) is 36.8 Å². The van der Waals surface area contributed by atoms with Crippen LogP contribution in [0, 0.1) is 0 Å². The number of benzene rings is 2. The maximum atomic E-state index is 12.0. The van der Waals surface area contributed by atoms with Gasteiger partial charge in [-0.3, -0.25) is 0 Å². The van der Waals surface area contributed by atoms with Crippen LogP contribution in [0.5, 0.6) is 0 Å². The smallest absolute Gasteiger partial charge is 0.330 e. The van der Waals surface area contributed by atoms with Gasteiger partial charge in [0.2, 0.25) is 0 Å². The number of carbonyl (C=O) groups is 2.